The van der Waals surface area contributed by atoms with Crippen molar-refractivity contribution in [3.05, 3.63) is 65.2 Å². The summed E-state index contributed by atoms with van der Waals surface area (Å²) in [5.41, 5.74) is -0.367. The summed E-state index contributed by atoms with van der Waals surface area (Å²) in [6, 6.07) is 10.4. The summed E-state index contributed by atoms with van der Waals surface area (Å²) in [7, 11) is 0. The molecule has 0 saturated carbocycles. The second-order valence-corrected chi connectivity index (χ2v) is 5.81. The number of Topliss-reactive ketones (excluding diaryl/α,β-unsaturated/α-hetero) is 1. The number of carbonyl (C=O) groups excluding carboxylic acids is 1. The highest BCUT2D eigenvalue weighted by atomic mass is 19.4. The molecule has 0 spiro atoms. The third-order valence-corrected chi connectivity index (χ3v) is 3.84. The van der Waals surface area contributed by atoms with Gasteiger partial charge in [0.2, 0.25) is 0 Å². The van der Waals surface area contributed by atoms with E-state index in [1.165, 1.54) is 43.3 Å². The van der Waals surface area contributed by atoms with Crippen LogP contribution in [0.5, 0.6) is 5.75 Å². The molecule has 0 aromatic heterocycles. The van der Waals surface area contributed by atoms with Gasteiger partial charge in [-0.15, -0.1) is 0 Å². The Morgan fingerprint density at radius 2 is 1.63 bits per heavy atom. The maximum absolute atomic E-state index is 12.5. The van der Waals surface area contributed by atoms with Crippen LogP contribution in [-0.2, 0) is 22.4 Å². The molecule has 2 rings (SSSR count). The normalized spacial score (nSPS) is 12.3. The number of ketones is 1. The topological polar surface area (TPSA) is 87.5 Å². The molecule has 0 radical (unpaired) electrons. The quantitative estimate of drug-likeness (QED) is 0.563. The number of carbonyl (C=O) groups is 2. The summed E-state index contributed by atoms with van der Waals surface area (Å²) in [5.74, 6) is -3.03. The van der Waals surface area contributed by atoms with E-state index in [1.807, 2.05) is 0 Å². The fourth-order valence-corrected chi connectivity index (χ4v) is 2.15. The highest BCUT2D eigenvalue weighted by Gasteiger charge is 2.30. The molecule has 0 amide bonds. The van der Waals surface area contributed by atoms with Gasteiger partial charge in [0.05, 0.1) is 5.56 Å². The number of nitrogens with one attached hydrogen (secondary N) is 1. The maximum Gasteiger partial charge on any atom is 0.416 e. The Hall–Kier alpha value is -3.16. The standard InChI is InChI=1S/C19H16F3NO4/c1-11(18(25)26)17(24)16(23)13-4-8-15(9-5-13)27-10-12-2-6-14(7-3-12)19(20,21)22/h2-9,11,23H,10H2,1H3,(H,25,26). The van der Waals surface area contributed by atoms with E-state index >= 15 is 0 Å². The van der Waals surface area contributed by atoms with Crippen molar-refractivity contribution >= 4 is 17.5 Å². The molecule has 0 aliphatic heterocycles. The van der Waals surface area contributed by atoms with E-state index in [-0.39, 0.29) is 12.2 Å². The highest BCUT2D eigenvalue weighted by Crippen LogP contribution is 2.29. The van der Waals surface area contributed by atoms with Crippen LogP contribution < -0.4 is 4.74 Å². The minimum absolute atomic E-state index is 0.0455. The number of hydrogen-bond acceptors (Lipinski definition) is 4. The molecule has 5 nitrogen and oxygen atoms in total. The maximum atomic E-state index is 12.5. The van der Waals surface area contributed by atoms with Crippen molar-refractivity contribution in [1.82, 2.24) is 0 Å². The lowest BCUT2D eigenvalue weighted by Gasteiger charge is -2.10. The second-order valence-electron chi connectivity index (χ2n) is 5.81. The van der Waals surface area contributed by atoms with Gasteiger partial charge in [-0.3, -0.25) is 15.0 Å². The zero-order chi connectivity index (χ0) is 20.2. The van der Waals surface area contributed by atoms with Crippen molar-refractivity contribution in [3.8, 4) is 5.75 Å². The lowest BCUT2D eigenvalue weighted by molar-refractivity contribution is -0.144. The van der Waals surface area contributed by atoms with Gasteiger partial charge in [-0.05, 0) is 48.9 Å². The number of carboxylic acid groups (broad SMARTS) is 1. The minimum Gasteiger partial charge on any atom is -0.489 e. The van der Waals surface area contributed by atoms with Crippen LogP contribution in [0.4, 0.5) is 13.2 Å². The number of ether oxygens (including phenoxy) is 1. The molecule has 0 aliphatic carbocycles. The smallest absolute Gasteiger partial charge is 0.416 e. The van der Waals surface area contributed by atoms with Crippen LogP contribution in [0.15, 0.2) is 48.5 Å². The van der Waals surface area contributed by atoms with Crippen molar-refractivity contribution < 1.29 is 32.6 Å². The second kappa shape index (κ2) is 8.03. The molecule has 27 heavy (non-hydrogen) atoms. The molecule has 1 atom stereocenters. The number of halogens is 3. The molecule has 0 saturated heterocycles. The van der Waals surface area contributed by atoms with Gasteiger partial charge in [-0.25, -0.2) is 0 Å². The molecule has 0 heterocycles. The predicted molar refractivity (Wildman–Crippen MR) is 90.9 cm³/mol. The van der Waals surface area contributed by atoms with Crippen LogP contribution in [-0.4, -0.2) is 22.6 Å². The monoisotopic (exact) mass is 379 g/mol. The average Bonchev–Trinajstić information content (AvgIpc) is 2.64. The molecule has 0 fully saturated rings. The van der Waals surface area contributed by atoms with Gasteiger partial charge < -0.3 is 9.84 Å². The highest BCUT2D eigenvalue weighted by molar-refractivity contribution is 6.47. The molecule has 142 valence electrons. The van der Waals surface area contributed by atoms with E-state index in [0.29, 0.717) is 11.3 Å². The van der Waals surface area contributed by atoms with Crippen molar-refractivity contribution in [3.63, 3.8) is 0 Å². The molecule has 2 N–H and O–H groups in total. The molecule has 0 aliphatic rings. The molecule has 0 bridgehead atoms. The van der Waals surface area contributed by atoms with Gasteiger partial charge in [0.1, 0.15) is 24.0 Å². The Balaban J connectivity index is 1.99. The van der Waals surface area contributed by atoms with Crippen LogP contribution in [0.25, 0.3) is 0 Å². The third-order valence-electron chi connectivity index (χ3n) is 3.84. The zero-order valence-electron chi connectivity index (χ0n) is 14.2. The summed E-state index contributed by atoms with van der Waals surface area (Å²) in [5, 5.41) is 16.6. The van der Waals surface area contributed by atoms with Gasteiger partial charge in [-0.1, -0.05) is 12.1 Å². The number of aliphatic carboxylic acids is 1. The van der Waals surface area contributed by atoms with Crippen LogP contribution >= 0.6 is 0 Å². The van der Waals surface area contributed by atoms with E-state index in [2.05, 4.69) is 0 Å². The predicted octanol–water partition coefficient (Wildman–Crippen LogP) is 3.94. The molecule has 1 unspecified atom stereocenters. The summed E-state index contributed by atoms with van der Waals surface area (Å²) in [4.78, 5) is 22.7. The van der Waals surface area contributed by atoms with Crippen LogP contribution in [0.3, 0.4) is 0 Å². The molecular weight excluding hydrogens is 363 g/mol. The Kier molecular flexibility index (Phi) is 5.99. The Morgan fingerprint density at radius 1 is 1.07 bits per heavy atom. The summed E-state index contributed by atoms with van der Waals surface area (Å²) < 4.78 is 43.0. The lowest BCUT2D eigenvalue weighted by Crippen LogP contribution is -2.27. The largest absolute Gasteiger partial charge is 0.489 e. The van der Waals surface area contributed by atoms with Crippen molar-refractivity contribution in [2.24, 2.45) is 5.92 Å². The van der Waals surface area contributed by atoms with Gasteiger partial charge in [0.15, 0.2) is 5.78 Å². The number of alkyl halides is 3. The van der Waals surface area contributed by atoms with E-state index < -0.39 is 35.1 Å². The average molecular weight is 379 g/mol. The minimum atomic E-state index is -4.39. The molecule has 2 aromatic rings. The summed E-state index contributed by atoms with van der Waals surface area (Å²) >= 11 is 0. The SMILES string of the molecule is CC(C(=O)O)C(=O)C(=N)c1ccc(OCc2ccc(C(F)(F)F)cc2)cc1. The number of rotatable bonds is 7. The van der Waals surface area contributed by atoms with Crippen LogP contribution in [0.2, 0.25) is 0 Å². The number of benzene rings is 2. The first-order valence-corrected chi connectivity index (χ1v) is 7.84. The van der Waals surface area contributed by atoms with Crippen molar-refractivity contribution in [2.75, 3.05) is 0 Å². The summed E-state index contributed by atoms with van der Waals surface area (Å²) in [6.07, 6.45) is -4.39. The van der Waals surface area contributed by atoms with Crippen molar-refractivity contribution in [2.45, 2.75) is 19.7 Å². The fourth-order valence-electron chi connectivity index (χ4n) is 2.15. The Labute approximate surface area is 152 Å². The zero-order valence-corrected chi connectivity index (χ0v) is 14.2. The van der Waals surface area contributed by atoms with E-state index in [1.54, 1.807) is 0 Å². The van der Waals surface area contributed by atoms with E-state index in [4.69, 9.17) is 15.3 Å². The molecule has 8 heteroatoms. The van der Waals surface area contributed by atoms with E-state index in [0.717, 1.165) is 12.1 Å². The molecular formula is C19H16F3NO4. The van der Waals surface area contributed by atoms with Crippen LogP contribution in [0.1, 0.15) is 23.6 Å². The Bertz CT molecular complexity index is 843. The van der Waals surface area contributed by atoms with E-state index in [9.17, 15) is 22.8 Å². The van der Waals surface area contributed by atoms with Gasteiger partial charge in [-0.2, -0.15) is 13.2 Å². The van der Waals surface area contributed by atoms with Crippen LogP contribution in [0, 0.1) is 11.3 Å². The van der Waals surface area contributed by atoms with Gasteiger partial charge in [0.25, 0.3) is 0 Å². The third kappa shape index (κ3) is 5.16. The first-order chi connectivity index (χ1) is 12.6. The first-order valence-electron chi connectivity index (χ1n) is 7.84. The lowest BCUT2D eigenvalue weighted by atomic mass is 9.97. The first kappa shape index (κ1) is 20.2. The number of hydrogen-bond donors (Lipinski definition) is 2. The number of carboxylic acids is 1. The summed E-state index contributed by atoms with van der Waals surface area (Å²) in [6.45, 7) is 1.25. The van der Waals surface area contributed by atoms with Crippen molar-refractivity contribution in [1.29, 1.82) is 5.41 Å². The van der Waals surface area contributed by atoms with Gasteiger partial charge >= 0.3 is 12.1 Å². The molecule has 2 aromatic carbocycles. The van der Waals surface area contributed by atoms with Gasteiger partial charge in [0, 0.05) is 5.56 Å². The fraction of sp³-hybridized carbons (Fsp3) is 0.211. The Morgan fingerprint density at radius 3 is 2.11 bits per heavy atom.